The van der Waals surface area contributed by atoms with E-state index < -0.39 is 10.0 Å². The highest BCUT2D eigenvalue weighted by molar-refractivity contribution is 7.94. The van der Waals surface area contributed by atoms with Crippen LogP contribution in [0.2, 0.25) is 4.34 Å². The molecule has 0 saturated heterocycles. The lowest BCUT2D eigenvalue weighted by Crippen LogP contribution is -2.11. The van der Waals surface area contributed by atoms with E-state index in [0.717, 1.165) is 21.8 Å². The van der Waals surface area contributed by atoms with Gasteiger partial charge in [-0.2, -0.15) is 0 Å². The van der Waals surface area contributed by atoms with Crippen LogP contribution in [0.4, 0.5) is 9.52 Å². The summed E-state index contributed by atoms with van der Waals surface area (Å²) >= 11 is 7.97. The molecule has 0 aliphatic heterocycles. The molecule has 4 nitrogen and oxygen atoms in total. The molecule has 0 aliphatic rings. The number of anilines is 1. The predicted molar refractivity (Wildman–Crippen MR) is 92.4 cm³/mol. The zero-order valence-corrected chi connectivity index (χ0v) is 14.9. The minimum absolute atomic E-state index is 0.124. The number of nitrogens with one attached hydrogen (secondary N) is 1. The number of hydrogen-bond acceptors (Lipinski definition) is 5. The number of benzene rings is 1. The van der Waals surface area contributed by atoms with Gasteiger partial charge in [-0.1, -0.05) is 11.6 Å². The van der Waals surface area contributed by atoms with Gasteiger partial charge in [0.15, 0.2) is 5.13 Å². The van der Waals surface area contributed by atoms with E-state index in [9.17, 15) is 12.8 Å². The molecule has 1 N–H and O–H groups in total. The largest absolute Gasteiger partial charge is 0.273 e. The van der Waals surface area contributed by atoms with Gasteiger partial charge in [-0.15, -0.1) is 22.7 Å². The molecule has 0 radical (unpaired) electrons. The molecule has 0 aliphatic carbocycles. The quantitative estimate of drug-likeness (QED) is 0.700. The molecule has 9 heteroatoms. The fourth-order valence-electron chi connectivity index (χ4n) is 1.92. The van der Waals surface area contributed by atoms with Crippen LogP contribution in [0.1, 0.15) is 4.88 Å². The molecular weight excluding hydrogens is 379 g/mol. The van der Waals surface area contributed by atoms with Crippen LogP contribution < -0.4 is 4.72 Å². The number of aromatic nitrogens is 1. The molecule has 0 unspecified atom stereocenters. The van der Waals surface area contributed by atoms with Gasteiger partial charge in [0, 0.05) is 10.4 Å². The van der Waals surface area contributed by atoms with Crippen LogP contribution in [0.15, 0.2) is 40.6 Å². The van der Waals surface area contributed by atoms with Crippen LogP contribution in [-0.2, 0) is 10.0 Å². The van der Waals surface area contributed by atoms with Crippen LogP contribution in [-0.4, -0.2) is 13.4 Å². The summed E-state index contributed by atoms with van der Waals surface area (Å²) in [5, 5.41) is 0.256. The van der Waals surface area contributed by atoms with Gasteiger partial charge in [0.2, 0.25) is 0 Å². The van der Waals surface area contributed by atoms with Crippen molar-refractivity contribution >= 4 is 49.4 Å². The molecule has 0 amide bonds. The first-order chi connectivity index (χ1) is 10.8. The molecule has 1 aromatic carbocycles. The molecule has 0 bridgehead atoms. The SMILES string of the molecule is Cc1sc(NS(=O)(=O)c2ccc(Cl)s2)nc1-c1ccc(F)cc1. The summed E-state index contributed by atoms with van der Waals surface area (Å²) in [5.74, 6) is -0.336. The van der Waals surface area contributed by atoms with E-state index in [1.807, 2.05) is 6.92 Å². The Morgan fingerprint density at radius 2 is 1.83 bits per heavy atom. The van der Waals surface area contributed by atoms with Gasteiger partial charge in [-0.05, 0) is 43.3 Å². The second-order valence-corrected chi connectivity index (χ2v) is 9.42. The number of rotatable bonds is 4. The molecule has 0 saturated carbocycles. The number of hydrogen-bond donors (Lipinski definition) is 1. The van der Waals surface area contributed by atoms with Crippen LogP contribution in [0, 0.1) is 12.7 Å². The molecule has 23 heavy (non-hydrogen) atoms. The maximum atomic E-state index is 13.0. The molecule has 3 aromatic rings. The smallest absolute Gasteiger partial charge is 0.254 e. The Morgan fingerprint density at radius 1 is 1.13 bits per heavy atom. The molecule has 0 fully saturated rings. The van der Waals surface area contributed by atoms with Crippen molar-refractivity contribution in [1.29, 1.82) is 0 Å². The van der Waals surface area contributed by atoms with E-state index in [1.54, 1.807) is 12.1 Å². The third-order valence-electron chi connectivity index (χ3n) is 2.95. The number of thiophene rings is 1. The van der Waals surface area contributed by atoms with Gasteiger partial charge in [-0.25, -0.2) is 17.8 Å². The molecule has 2 aromatic heterocycles. The highest BCUT2D eigenvalue weighted by Crippen LogP contribution is 2.33. The van der Waals surface area contributed by atoms with Crippen LogP contribution in [0.25, 0.3) is 11.3 Å². The zero-order chi connectivity index (χ0) is 16.6. The van der Waals surface area contributed by atoms with Crippen LogP contribution >= 0.6 is 34.3 Å². The average Bonchev–Trinajstić information content (AvgIpc) is 3.06. The molecular formula is C14H10ClFN2O2S3. The Kier molecular flexibility index (Phi) is 4.41. The van der Waals surface area contributed by atoms with E-state index in [4.69, 9.17) is 11.6 Å². The van der Waals surface area contributed by atoms with Crippen molar-refractivity contribution in [1.82, 2.24) is 4.98 Å². The monoisotopic (exact) mass is 388 g/mol. The van der Waals surface area contributed by atoms with Crippen molar-refractivity contribution in [3.63, 3.8) is 0 Å². The lowest BCUT2D eigenvalue weighted by atomic mass is 10.1. The summed E-state index contributed by atoms with van der Waals surface area (Å²) in [6.45, 7) is 1.83. The summed E-state index contributed by atoms with van der Waals surface area (Å²) in [6, 6.07) is 8.86. The van der Waals surface area contributed by atoms with E-state index >= 15 is 0 Å². The van der Waals surface area contributed by atoms with Gasteiger partial charge in [0.05, 0.1) is 10.0 Å². The van der Waals surface area contributed by atoms with Crippen molar-refractivity contribution < 1.29 is 12.8 Å². The Balaban J connectivity index is 1.90. The molecule has 2 heterocycles. The number of nitrogens with zero attached hydrogens (tertiary/aromatic N) is 1. The van der Waals surface area contributed by atoms with Gasteiger partial charge in [-0.3, -0.25) is 4.72 Å². The third-order valence-corrected chi connectivity index (χ3v) is 7.03. The minimum Gasteiger partial charge on any atom is -0.254 e. The highest BCUT2D eigenvalue weighted by atomic mass is 35.5. The van der Waals surface area contributed by atoms with Crippen molar-refractivity contribution in [3.05, 3.63) is 51.4 Å². The Labute approximate surface area is 145 Å². The van der Waals surface area contributed by atoms with E-state index in [2.05, 4.69) is 9.71 Å². The lowest BCUT2D eigenvalue weighted by molar-refractivity contribution is 0.603. The summed E-state index contributed by atoms with van der Waals surface area (Å²) < 4.78 is 40.5. The first-order valence-corrected chi connectivity index (χ1v) is 9.86. The topological polar surface area (TPSA) is 59.1 Å². The lowest BCUT2D eigenvalue weighted by Gasteiger charge is -2.01. The second-order valence-electron chi connectivity index (χ2n) is 4.59. The van der Waals surface area contributed by atoms with Crippen LogP contribution in [0.3, 0.4) is 0 Å². The number of thiazole rings is 1. The summed E-state index contributed by atoms with van der Waals surface area (Å²) in [7, 11) is -3.71. The average molecular weight is 389 g/mol. The molecule has 120 valence electrons. The van der Waals surface area contributed by atoms with Gasteiger partial charge >= 0.3 is 0 Å². The Morgan fingerprint density at radius 3 is 2.43 bits per heavy atom. The minimum atomic E-state index is -3.71. The van der Waals surface area contributed by atoms with Crippen molar-refractivity contribution in [2.75, 3.05) is 4.72 Å². The Hall–Kier alpha value is -1.48. The first-order valence-electron chi connectivity index (χ1n) is 6.37. The number of halogens is 2. The fourth-order valence-corrected chi connectivity index (χ4v) is 5.48. The molecule has 0 atom stereocenters. The van der Waals surface area contributed by atoms with Gasteiger partial charge in [0.25, 0.3) is 10.0 Å². The normalized spacial score (nSPS) is 11.6. The van der Waals surface area contributed by atoms with Crippen molar-refractivity contribution in [2.45, 2.75) is 11.1 Å². The number of sulfonamides is 1. The maximum absolute atomic E-state index is 13.0. The highest BCUT2D eigenvalue weighted by Gasteiger charge is 2.20. The van der Waals surface area contributed by atoms with E-state index in [1.165, 1.54) is 35.6 Å². The summed E-state index contributed by atoms with van der Waals surface area (Å²) in [4.78, 5) is 5.14. The van der Waals surface area contributed by atoms with Crippen LogP contribution in [0.5, 0.6) is 0 Å². The zero-order valence-electron chi connectivity index (χ0n) is 11.7. The second kappa shape index (κ2) is 6.20. The van der Waals surface area contributed by atoms with Gasteiger partial charge < -0.3 is 0 Å². The van der Waals surface area contributed by atoms with E-state index in [-0.39, 0.29) is 15.2 Å². The van der Waals surface area contributed by atoms with Crippen molar-refractivity contribution in [2.24, 2.45) is 0 Å². The number of aryl methyl sites for hydroxylation is 1. The van der Waals surface area contributed by atoms with Crippen molar-refractivity contribution in [3.8, 4) is 11.3 Å². The summed E-state index contributed by atoms with van der Waals surface area (Å²) in [5.41, 5.74) is 1.35. The van der Waals surface area contributed by atoms with Gasteiger partial charge in [0.1, 0.15) is 10.0 Å². The van der Waals surface area contributed by atoms with E-state index in [0.29, 0.717) is 10.0 Å². The maximum Gasteiger partial charge on any atom is 0.273 e. The Bertz CT molecular complexity index is 949. The standard InChI is InChI=1S/C14H10ClFN2O2S3/c1-8-13(9-2-4-10(16)5-3-9)17-14(21-8)18-23(19,20)12-7-6-11(15)22-12/h2-7H,1H3,(H,17,18). The molecule has 3 rings (SSSR count). The first kappa shape index (κ1) is 16.4. The third kappa shape index (κ3) is 3.55. The fraction of sp³-hybridized carbons (Fsp3) is 0.0714. The predicted octanol–water partition coefficient (Wildman–Crippen LogP) is 4.77. The summed E-state index contributed by atoms with van der Waals surface area (Å²) in [6.07, 6.45) is 0. The molecule has 0 spiro atoms.